The van der Waals surface area contributed by atoms with Crippen LogP contribution in [0.4, 0.5) is 6.01 Å². The molecule has 128 valence electrons. The number of hydrogen-bond acceptors (Lipinski definition) is 5. The van der Waals surface area contributed by atoms with Crippen LogP contribution in [-0.2, 0) is 9.53 Å². The predicted molar refractivity (Wildman–Crippen MR) is 91.0 cm³/mol. The maximum absolute atomic E-state index is 13.0. The number of methoxy groups -OCH3 is 1. The van der Waals surface area contributed by atoms with Gasteiger partial charge in [-0.1, -0.05) is 12.1 Å². The van der Waals surface area contributed by atoms with Crippen molar-refractivity contribution in [2.45, 2.75) is 19.3 Å². The van der Waals surface area contributed by atoms with Crippen molar-refractivity contribution < 1.29 is 13.9 Å². The normalized spacial score (nSPS) is 24.5. The molecule has 0 N–H and O–H groups in total. The second-order valence-electron chi connectivity index (χ2n) is 6.80. The molecule has 6 heteroatoms. The Bertz CT molecular complexity index is 711. The summed E-state index contributed by atoms with van der Waals surface area (Å²) in [6.45, 7) is 3.63. The number of hydrogen-bond donors (Lipinski definition) is 0. The number of amides is 1. The van der Waals surface area contributed by atoms with Crippen molar-refractivity contribution in [2.75, 3.05) is 44.8 Å². The summed E-state index contributed by atoms with van der Waals surface area (Å²) in [4.78, 5) is 21.7. The van der Waals surface area contributed by atoms with Gasteiger partial charge in [0.15, 0.2) is 5.58 Å². The lowest BCUT2D eigenvalue weighted by Gasteiger charge is -2.39. The molecule has 1 spiro atoms. The molecule has 1 amide bonds. The van der Waals surface area contributed by atoms with Crippen molar-refractivity contribution in [1.82, 2.24) is 9.88 Å². The van der Waals surface area contributed by atoms with E-state index in [4.69, 9.17) is 9.15 Å². The van der Waals surface area contributed by atoms with E-state index >= 15 is 0 Å². The molecule has 2 aromatic rings. The quantitative estimate of drug-likeness (QED) is 0.861. The molecule has 3 heterocycles. The molecule has 2 aliphatic heterocycles. The lowest BCUT2D eigenvalue weighted by atomic mass is 9.78. The molecule has 0 saturated carbocycles. The number of fused-ring (bicyclic) bond motifs is 1. The molecule has 6 nitrogen and oxygen atoms in total. The number of likely N-dealkylation sites (tertiary alicyclic amines) is 1. The minimum atomic E-state index is -0.285. The summed E-state index contributed by atoms with van der Waals surface area (Å²) in [5.41, 5.74) is 1.38. The van der Waals surface area contributed by atoms with Gasteiger partial charge in [0.05, 0.1) is 12.0 Å². The molecule has 2 saturated heterocycles. The summed E-state index contributed by atoms with van der Waals surface area (Å²) in [5.74, 6) is 0.268. The number of oxazole rings is 1. The first kappa shape index (κ1) is 15.4. The number of rotatable bonds is 4. The molecule has 0 unspecified atom stereocenters. The van der Waals surface area contributed by atoms with Crippen LogP contribution in [0.1, 0.15) is 19.3 Å². The van der Waals surface area contributed by atoms with Crippen molar-refractivity contribution >= 4 is 23.0 Å². The van der Waals surface area contributed by atoms with Crippen molar-refractivity contribution in [3.05, 3.63) is 24.3 Å². The molecule has 1 aromatic carbocycles. The summed E-state index contributed by atoms with van der Waals surface area (Å²) in [6, 6.07) is 8.41. The Morgan fingerprint density at radius 1 is 1.29 bits per heavy atom. The van der Waals surface area contributed by atoms with Crippen LogP contribution >= 0.6 is 0 Å². The van der Waals surface area contributed by atoms with Crippen molar-refractivity contribution in [3.8, 4) is 0 Å². The van der Waals surface area contributed by atoms with Crippen LogP contribution in [0.5, 0.6) is 0 Å². The number of piperidine rings is 1. The predicted octanol–water partition coefficient (Wildman–Crippen LogP) is 2.29. The summed E-state index contributed by atoms with van der Waals surface area (Å²) in [7, 11) is 1.68. The van der Waals surface area contributed by atoms with Crippen LogP contribution in [0.3, 0.4) is 0 Å². The van der Waals surface area contributed by atoms with Gasteiger partial charge >= 0.3 is 0 Å². The average molecular weight is 329 g/mol. The minimum absolute atomic E-state index is 0.268. The van der Waals surface area contributed by atoms with Gasteiger partial charge in [-0.15, -0.1) is 0 Å². The summed E-state index contributed by atoms with van der Waals surface area (Å²) < 4.78 is 11.0. The van der Waals surface area contributed by atoms with Crippen molar-refractivity contribution in [3.63, 3.8) is 0 Å². The van der Waals surface area contributed by atoms with E-state index in [0.717, 1.165) is 43.5 Å². The van der Waals surface area contributed by atoms with Gasteiger partial charge in [0.2, 0.25) is 5.91 Å². The number of carbonyl (C=O) groups is 1. The first-order valence-electron chi connectivity index (χ1n) is 8.61. The summed E-state index contributed by atoms with van der Waals surface area (Å²) >= 11 is 0. The smallest absolute Gasteiger partial charge is 0.298 e. The number of ether oxygens (including phenoxy) is 1. The third kappa shape index (κ3) is 2.55. The Kier molecular flexibility index (Phi) is 3.92. The zero-order chi connectivity index (χ0) is 16.6. The Labute approximate surface area is 141 Å². The van der Waals surface area contributed by atoms with Crippen molar-refractivity contribution in [1.29, 1.82) is 0 Å². The van der Waals surface area contributed by atoms with E-state index in [2.05, 4.69) is 9.88 Å². The number of para-hydroxylation sites is 2. The second kappa shape index (κ2) is 6.09. The van der Waals surface area contributed by atoms with Gasteiger partial charge in [-0.25, -0.2) is 0 Å². The van der Waals surface area contributed by atoms with Gasteiger partial charge in [-0.2, -0.15) is 4.98 Å². The molecular weight excluding hydrogens is 306 g/mol. The highest BCUT2D eigenvalue weighted by Gasteiger charge is 2.49. The molecule has 0 bridgehead atoms. The van der Waals surface area contributed by atoms with Gasteiger partial charge in [0.25, 0.3) is 6.01 Å². The molecule has 2 fully saturated rings. The molecule has 2 aliphatic rings. The van der Waals surface area contributed by atoms with Crippen molar-refractivity contribution in [2.24, 2.45) is 5.41 Å². The Morgan fingerprint density at radius 3 is 3.00 bits per heavy atom. The van der Waals surface area contributed by atoms with Crippen LogP contribution < -0.4 is 4.90 Å². The Morgan fingerprint density at radius 2 is 2.17 bits per heavy atom. The average Bonchev–Trinajstić information content (AvgIpc) is 3.21. The second-order valence-corrected chi connectivity index (χ2v) is 6.80. The van der Waals surface area contributed by atoms with Gasteiger partial charge in [0.1, 0.15) is 5.52 Å². The lowest BCUT2D eigenvalue weighted by Crippen LogP contribution is -2.51. The largest absolute Gasteiger partial charge is 0.423 e. The van der Waals surface area contributed by atoms with E-state index in [9.17, 15) is 4.79 Å². The van der Waals surface area contributed by atoms with Crippen LogP contribution in [0.25, 0.3) is 11.1 Å². The SMILES string of the molecule is COCCN1CCC[C@@]2(CCN(c3nc4ccccc4o3)C2)C1=O. The zero-order valence-electron chi connectivity index (χ0n) is 14.0. The monoisotopic (exact) mass is 329 g/mol. The maximum Gasteiger partial charge on any atom is 0.298 e. The molecule has 0 aliphatic carbocycles. The Hall–Kier alpha value is -2.08. The lowest BCUT2D eigenvalue weighted by molar-refractivity contribution is -0.145. The standard InChI is InChI=1S/C18H23N3O3/c1-23-12-11-20-9-4-7-18(16(20)22)8-10-21(13-18)17-19-14-5-2-3-6-15(14)24-17/h2-3,5-6H,4,7-13H2,1H3/t18-/m0/s1. The molecule has 24 heavy (non-hydrogen) atoms. The number of anilines is 1. The molecule has 1 atom stereocenters. The van der Waals surface area contributed by atoms with E-state index in [1.807, 2.05) is 29.2 Å². The molecule has 1 aromatic heterocycles. The summed E-state index contributed by atoms with van der Waals surface area (Å²) in [5, 5.41) is 0. The van der Waals surface area contributed by atoms with Gasteiger partial charge in [0, 0.05) is 33.3 Å². The van der Waals surface area contributed by atoms with E-state index in [-0.39, 0.29) is 11.3 Å². The van der Waals surface area contributed by atoms with E-state index < -0.39 is 0 Å². The zero-order valence-corrected chi connectivity index (χ0v) is 14.0. The summed E-state index contributed by atoms with van der Waals surface area (Å²) in [6.07, 6.45) is 2.87. The number of nitrogens with zero attached hydrogens (tertiary/aromatic N) is 3. The first-order chi connectivity index (χ1) is 11.7. The molecule has 4 rings (SSSR count). The highest BCUT2D eigenvalue weighted by atomic mass is 16.5. The van der Waals surface area contributed by atoms with Crippen LogP contribution in [0.15, 0.2) is 28.7 Å². The van der Waals surface area contributed by atoms with E-state index in [1.165, 1.54) is 0 Å². The number of benzene rings is 1. The number of carbonyl (C=O) groups excluding carboxylic acids is 1. The van der Waals surface area contributed by atoms with Gasteiger partial charge in [-0.05, 0) is 31.4 Å². The van der Waals surface area contributed by atoms with Crippen LogP contribution in [-0.4, -0.2) is 55.7 Å². The molecular formula is C18H23N3O3. The fraction of sp³-hybridized carbons (Fsp3) is 0.556. The Balaban J connectivity index is 1.53. The van der Waals surface area contributed by atoms with Gasteiger partial charge in [-0.3, -0.25) is 4.79 Å². The highest BCUT2D eigenvalue weighted by molar-refractivity contribution is 5.85. The fourth-order valence-electron chi connectivity index (χ4n) is 3.98. The van der Waals surface area contributed by atoms with E-state index in [0.29, 0.717) is 25.7 Å². The van der Waals surface area contributed by atoms with E-state index in [1.54, 1.807) is 7.11 Å². The fourth-order valence-corrected chi connectivity index (χ4v) is 3.98. The third-order valence-corrected chi connectivity index (χ3v) is 5.30. The van der Waals surface area contributed by atoms with Crippen LogP contribution in [0, 0.1) is 5.41 Å². The number of aromatic nitrogens is 1. The minimum Gasteiger partial charge on any atom is -0.423 e. The molecule has 0 radical (unpaired) electrons. The first-order valence-corrected chi connectivity index (χ1v) is 8.61. The highest BCUT2D eigenvalue weighted by Crippen LogP contribution is 2.41. The maximum atomic E-state index is 13.0. The topological polar surface area (TPSA) is 58.8 Å². The third-order valence-electron chi connectivity index (χ3n) is 5.30. The van der Waals surface area contributed by atoms with Crippen LogP contribution in [0.2, 0.25) is 0 Å². The van der Waals surface area contributed by atoms with Gasteiger partial charge < -0.3 is 19.0 Å².